The Balaban J connectivity index is 1.70. The van der Waals surface area contributed by atoms with Crippen molar-refractivity contribution >= 4 is 46.3 Å². The van der Waals surface area contributed by atoms with Crippen LogP contribution in [0.3, 0.4) is 0 Å². The number of nitro benzene ring substituents is 1. The molecule has 148 valence electrons. The van der Waals surface area contributed by atoms with Gasteiger partial charge in [-0.25, -0.2) is 0 Å². The summed E-state index contributed by atoms with van der Waals surface area (Å²) in [6.07, 6.45) is 1.47. The maximum atomic E-state index is 12.5. The van der Waals surface area contributed by atoms with Gasteiger partial charge in [0.15, 0.2) is 0 Å². The minimum Gasteiger partial charge on any atom is -0.324 e. The highest BCUT2D eigenvalue weighted by molar-refractivity contribution is 8.18. The molecule has 0 aromatic heterocycles. The Morgan fingerprint density at radius 3 is 2.52 bits per heavy atom. The maximum absolute atomic E-state index is 12.5. The monoisotopic (exact) mass is 411 g/mol. The minimum absolute atomic E-state index is 0.0710. The van der Waals surface area contributed by atoms with Gasteiger partial charge in [-0.15, -0.1) is 0 Å². The van der Waals surface area contributed by atoms with Crippen molar-refractivity contribution in [2.24, 2.45) is 0 Å². The zero-order valence-corrected chi connectivity index (χ0v) is 16.5. The van der Waals surface area contributed by atoms with Crippen LogP contribution in [0.4, 0.5) is 16.2 Å². The van der Waals surface area contributed by atoms with Gasteiger partial charge in [0.05, 0.1) is 9.83 Å². The Kier molecular flexibility index (Phi) is 5.79. The number of nitrogens with one attached hydrogen (secondary N) is 1. The molecule has 0 saturated carbocycles. The van der Waals surface area contributed by atoms with Crippen molar-refractivity contribution in [3.63, 3.8) is 0 Å². The molecule has 0 bridgehead atoms. The fourth-order valence-corrected chi connectivity index (χ4v) is 3.52. The quantitative estimate of drug-likeness (QED) is 0.454. The van der Waals surface area contributed by atoms with E-state index >= 15 is 0 Å². The lowest BCUT2D eigenvalue weighted by Crippen LogP contribution is -2.36. The van der Waals surface area contributed by atoms with E-state index in [4.69, 9.17) is 0 Å². The highest BCUT2D eigenvalue weighted by Gasteiger charge is 2.36. The molecule has 1 aliphatic heterocycles. The second-order valence-corrected chi connectivity index (χ2v) is 7.48. The average molecular weight is 411 g/mol. The van der Waals surface area contributed by atoms with E-state index in [1.807, 2.05) is 32.0 Å². The third kappa shape index (κ3) is 4.69. The van der Waals surface area contributed by atoms with E-state index in [9.17, 15) is 24.5 Å². The summed E-state index contributed by atoms with van der Waals surface area (Å²) in [5, 5.41) is 12.9. The number of aryl methyl sites for hydroxylation is 2. The molecule has 1 heterocycles. The van der Waals surface area contributed by atoms with Crippen molar-refractivity contribution in [2.45, 2.75) is 13.8 Å². The molecule has 8 nitrogen and oxygen atoms in total. The number of amides is 3. The zero-order valence-electron chi connectivity index (χ0n) is 15.7. The number of carbonyl (C=O) groups is 3. The molecule has 2 aromatic carbocycles. The molecule has 1 N–H and O–H groups in total. The summed E-state index contributed by atoms with van der Waals surface area (Å²) in [6, 6.07) is 11.2. The first-order valence-electron chi connectivity index (χ1n) is 8.61. The highest BCUT2D eigenvalue weighted by Crippen LogP contribution is 2.32. The van der Waals surface area contributed by atoms with Crippen LogP contribution in [-0.2, 0) is 9.59 Å². The highest BCUT2D eigenvalue weighted by atomic mass is 32.2. The van der Waals surface area contributed by atoms with Gasteiger partial charge in [0, 0.05) is 17.8 Å². The molecule has 1 saturated heterocycles. The summed E-state index contributed by atoms with van der Waals surface area (Å²) >= 11 is 0.726. The van der Waals surface area contributed by atoms with Crippen molar-refractivity contribution in [1.29, 1.82) is 0 Å². The summed E-state index contributed by atoms with van der Waals surface area (Å²) < 4.78 is 0. The largest absolute Gasteiger partial charge is 0.324 e. The molecule has 3 amide bonds. The van der Waals surface area contributed by atoms with E-state index in [2.05, 4.69) is 5.32 Å². The van der Waals surface area contributed by atoms with E-state index in [0.29, 0.717) is 11.3 Å². The molecule has 1 fully saturated rings. The molecule has 2 aromatic rings. The van der Waals surface area contributed by atoms with Crippen molar-refractivity contribution in [2.75, 3.05) is 11.9 Å². The molecule has 29 heavy (non-hydrogen) atoms. The minimum atomic E-state index is -0.575. The molecule has 0 radical (unpaired) electrons. The molecule has 0 aliphatic carbocycles. The zero-order chi connectivity index (χ0) is 21.1. The molecule has 0 atom stereocenters. The standard InChI is InChI=1S/C20H17N3O5S/c1-12-3-4-13(2)16(9-12)21-18(24)11-22-19(25)17(29-20(22)26)10-14-5-7-15(8-6-14)23(27)28/h3-10H,11H2,1-2H3,(H,21,24)/b17-10+. The Morgan fingerprint density at radius 2 is 1.86 bits per heavy atom. The Morgan fingerprint density at radius 1 is 1.17 bits per heavy atom. The second kappa shape index (κ2) is 8.27. The van der Waals surface area contributed by atoms with Crippen LogP contribution in [0.25, 0.3) is 6.08 Å². The van der Waals surface area contributed by atoms with Gasteiger partial charge < -0.3 is 5.32 Å². The van der Waals surface area contributed by atoms with Gasteiger partial charge in [-0.3, -0.25) is 29.4 Å². The third-order valence-electron chi connectivity index (χ3n) is 4.24. The topological polar surface area (TPSA) is 110 Å². The smallest absolute Gasteiger partial charge is 0.294 e. The number of anilines is 1. The van der Waals surface area contributed by atoms with Gasteiger partial charge in [0.2, 0.25) is 5.91 Å². The summed E-state index contributed by atoms with van der Waals surface area (Å²) in [6.45, 7) is 3.35. The SMILES string of the molecule is Cc1ccc(C)c(NC(=O)CN2C(=O)S/C(=C/c3ccc([N+](=O)[O-])cc3)C2=O)c1. The lowest BCUT2D eigenvalue weighted by molar-refractivity contribution is -0.384. The van der Waals surface area contributed by atoms with E-state index in [1.165, 1.54) is 30.3 Å². The molecule has 0 unspecified atom stereocenters. The first-order valence-corrected chi connectivity index (χ1v) is 9.43. The lowest BCUT2D eigenvalue weighted by atomic mass is 10.1. The van der Waals surface area contributed by atoms with E-state index in [0.717, 1.165) is 27.8 Å². The Hall–Kier alpha value is -3.46. The molecule has 0 spiro atoms. The third-order valence-corrected chi connectivity index (χ3v) is 5.15. The van der Waals surface area contributed by atoms with Crippen LogP contribution in [0.15, 0.2) is 47.4 Å². The molecular formula is C20H17N3O5S. The van der Waals surface area contributed by atoms with Crippen LogP contribution < -0.4 is 5.32 Å². The number of carbonyl (C=O) groups excluding carboxylic acids is 3. The summed E-state index contributed by atoms with van der Waals surface area (Å²) in [5.41, 5.74) is 2.95. The van der Waals surface area contributed by atoms with Gasteiger partial charge in [-0.2, -0.15) is 0 Å². The van der Waals surface area contributed by atoms with Crippen LogP contribution in [-0.4, -0.2) is 33.4 Å². The number of nitro groups is 1. The van der Waals surface area contributed by atoms with Gasteiger partial charge in [-0.05, 0) is 66.6 Å². The van der Waals surface area contributed by atoms with E-state index < -0.39 is 28.5 Å². The number of benzene rings is 2. The molecule has 9 heteroatoms. The van der Waals surface area contributed by atoms with Gasteiger partial charge in [0.25, 0.3) is 16.8 Å². The van der Waals surface area contributed by atoms with Gasteiger partial charge in [0.1, 0.15) is 6.54 Å². The van der Waals surface area contributed by atoms with Crippen LogP contribution in [0, 0.1) is 24.0 Å². The van der Waals surface area contributed by atoms with Crippen LogP contribution in [0.2, 0.25) is 0 Å². The van der Waals surface area contributed by atoms with Crippen molar-refractivity contribution in [1.82, 2.24) is 4.90 Å². The number of hydrogen-bond donors (Lipinski definition) is 1. The van der Waals surface area contributed by atoms with Gasteiger partial charge >= 0.3 is 0 Å². The molecular weight excluding hydrogens is 394 g/mol. The first-order chi connectivity index (χ1) is 13.7. The second-order valence-electron chi connectivity index (χ2n) is 6.48. The van der Waals surface area contributed by atoms with Crippen molar-refractivity contribution in [3.8, 4) is 0 Å². The number of hydrogen-bond acceptors (Lipinski definition) is 6. The fraction of sp³-hybridized carbons (Fsp3) is 0.150. The lowest BCUT2D eigenvalue weighted by Gasteiger charge is -2.14. The van der Waals surface area contributed by atoms with E-state index in [-0.39, 0.29) is 10.6 Å². The molecule has 3 rings (SSSR count). The summed E-state index contributed by atoms with van der Waals surface area (Å²) in [7, 11) is 0. The Bertz CT molecular complexity index is 1050. The van der Waals surface area contributed by atoms with Crippen molar-refractivity contribution in [3.05, 3.63) is 74.2 Å². The van der Waals surface area contributed by atoms with Crippen LogP contribution >= 0.6 is 11.8 Å². The average Bonchev–Trinajstić information content (AvgIpc) is 2.92. The Labute approximate surface area is 170 Å². The fourth-order valence-electron chi connectivity index (χ4n) is 2.68. The number of non-ortho nitro benzene ring substituents is 1. The number of rotatable bonds is 5. The van der Waals surface area contributed by atoms with Crippen LogP contribution in [0.5, 0.6) is 0 Å². The van der Waals surface area contributed by atoms with Crippen LogP contribution in [0.1, 0.15) is 16.7 Å². The maximum Gasteiger partial charge on any atom is 0.294 e. The predicted molar refractivity (Wildman–Crippen MR) is 110 cm³/mol. The summed E-state index contributed by atoms with van der Waals surface area (Å²) in [4.78, 5) is 48.3. The van der Waals surface area contributed by atoms with Crippen molar-refractivity contribution < 1.29 is 19.3 Å². The molecule has 1 aliphatic rings. The summed E-state index contributed by atoms with van der Waals surface area (Å²) in [5.74, 6) is -1.05. The van der Waals surface area contributed by atoms with Gasteiger partial charge in [-0.1, -0.05) is 12.1 Å². The number of thioether (sulfide) groups is 1. The number of nitrogens with zero attached hydrogens (tertiary/aromatic N) is 2. The predicted octanol–water partition coefficient (Wildman–Crippen LogP) is 3.89. The normalized spacial score (nSPS) is 15.1. The van der Waals surface area contributed by atoms with E-state index in [1.54, 1.807) is 0 Å². The first kappa shape index (κ1) is 20.3. The number of imide groups is 1.